The van der Waals surface area contributed by atoms with Crippen molar-refractivity contribution in [1.82, 2.24) is 19.7 Å². The lowest BCUT2D eigenvalue weighted by atomic mass is 10.1. The summed E-state index contributed by atoms with van der Waals surface area (Å²) in [5.41, 5.74) is 7.69. The van der Waals surface area contributed by atoms with Crippen molar-refractivity contribution in [3.8, 4) is 0 Å². The minimum absolute atomic E-state index is 0.244. The Kier molecular flexibility index (Phi) is 1.55. The molecule has 3 heterocycles. The summed E-state index contributed by atoms with van der Waals surface area (Å²) < 4.78 is 2.15. The van der Waals surface area contributed by atoms with E-state index in [2.05, 4.69) is 19.7 Å². The maximum absolute atomic E-state index is 5.92. The second kappa shape index (κ2) is 2.75. The fraction of sp³-hybridized carbons (Fsp3) is 0.444. The zero-order valence-electron chi connectivity index (χ0n) is 7.72. The first-order valence-electron chi connectivity index (χ1n) is 4.77. The standard InChI is InChI=1S/C9H11N5/c10-6-1-2-8-12-9-7(14(8)5-6)3-4-11-13-9/h3-4,6H,1-2,5,10H2/t6-/m1/s1. The third kappa shape index (κ3) is 1.02. The van der Waals surface area contributed by atoms with Crippen molar-refractivity contribution < 1.29 is 0 Å². The smallest absolute Gasteiger partial charge is 0.200 e. The maximum Gasteiger partial charge on any atom is 0.200 e. The molecule has 0 unspecified atom stereocenters. The van der Waals surface area contributed by atoms with Gasteiger partial charge in [0.15, 0.2) is 5.65 Å². The second-order valence-corrected chi connectivity index (χ2v) is 3.68. The minimum Gasteiger partial charge on any atom is -0.326 e. The van der Waals surface area contributed by atoms with Crippen molar-refractivity contribution in [1.29, 1.82) is 0 Å². The molecule has 0 amide bonds. The molecule has 2 aromatic rings. The Morgan fingerprint density at radius 1 is 1.50 bits per heavy atom. The van der Waals surface area contributed by atoms with Crippen LogP contribution in [-0.4, -0.2) is 25.8 Å². The molecule has 0 saturated carbocycles. The van der Waals surface area contributed by atoms with Gasteiger partial charge in [0.1, 0.15) is 5.82 Å². The first kappa shape index (κ1) is 7.87. The molecule has 3 rings (SSSR count). The van der Waals surface area contributed by atoms with Crippen molar-refractivity contribution in [3.05, 3.63) is 18.1 Å². The van der Waals surface area contributed by atoms with Crippen molar-refractivity contribution >= 4 is 11.2 Å². The van der Waals surface area contributed by atoms with Gasteiger partial charge in [-0.05, 0) is 12.5 Å². The van der Waals surface area contributed by atoms with E-state index >= 15 is 0 Å². The van der Waals surface area contributed by atoms with E-state index in [-0.39, 0.29) is 6.04 Å². The third-order valence-corrected chi connectivity index (χ3v) is 2.67. The average molecular weight is 189 g/mol. The summed E-state index contributed by atoms with van der Waals surface area (Å²) in [6, 6.07) is 2.18. The average Bonchev–Trinajstić information content (AvgIpc) is 2.56. The molecule has 0 spiro atoms. The van der Waals surface area contributed by atoms with Crippen molar-refractivity contribution in [2.24, 2.45) is 5.73 Å². The molecular formula is C9H11N5. The van der Waals surface area contributed by atoms with Gasteiger partial charge in [-0.25, -0.2) is 4.98 Å². The minimum atomic E-state index is 0.244. The van der Waals surface area contributed by atoms with Crippen LogP contribution in [0, 0.1) is 0 Å². The van der Waals surface area contributed by atoms with Gasteiger partial charge in [0.25, 0.3) is 0 Å². The van der Waals surface area contributed by atoms with Crippen LogP contribution < -0.4 is 5.73 Å². The van der Waals surface area contributed by atoms with Crippen LogP contribution in [0.15, 0.2) is 12.3 Å². The predicted octanol–water partition coefficient (Wildman–Crippen LogP) is 0.0998. The fourth-order valence-electron chi connectivity index (χ4n) is 1.96. The van der Waals surface area contributed by atoms with Gasteiger partial charge in [0.2, 0.25) is 0 Å². The third-order valence-electron chi connectivity index (χ3n) is 2.67. The van der Waals surface area contributed by atoms with Gasteiger partial charge in [-0.1, -0.05) is 0 Å². The highest BCUT2D eigenvalue weighted by Crippen LogP contribution is 2.19. The van der Waals surface area contributed by atoms with Gasteiger partial charge in [-0.2, -0.15) is 5.10 Å². The summed E-state index contributed by atoms with van der Waals surface area (Å²) in [5.74, 6) is 1.09. The monoisotopic (exact) mass is 189 g/mol. The number of aryl methyl sites for hydroxylation is 1. The number of hydrogen-bond donors (Lipinski definition) is 1. The van der Waals surface area contributed by atoms with Crippen LogP contribution in [0.25, 0.3) is 11.2 Å². The Bertz CT molecular complexity index is 475. The zero-order chi connectivity index (χ0) is 9.54. The van der Waals surface area contributed by atoms with E-state index in [4.69, 9.17) is 5.73 Å². The molecule has 1 atom stereocenters. The fourth-order valence-corrected chi connectivity index (χ4v) is 1.96. The molecule has 1 aliphatic rings. The second-order valence-electron chi connectivity index (χ2n) is 3.68. The van der Waals surface area contributed by atoms with Gasteiger partial charge in [0.05, 0.1) is 11.7 Å². The van der Waals surface area contributed by atoms with E-state index in [9.17, 15) is 0 Å². The lowest BCUT2D eigenvalue weighted by Crippen LogP contribution is -2.31. The van der Waals surface area contributed by atoms with E-state index in [1.807, 2.05) is 6.07 Å². The Hall–Kier alpha value is -1.49. The number of nitrogens with two attached hydrogens (primary N) is 1. The Labute approximate surface area is 81.0 Å². The lowest BCUT2D eigenvalue weighted by Gasteiger charge is -2.20. The number of nitrogens with zero attached hydrogens (tertiary/aromatic N) is 4. The molecule has 72 valence electrons. The normalized spacial score (nSPS) is 21.1. The number of hydrogen-bond acceptors (Lipinski definition) is 4. The first-order valence-corrected chi connectivity index (χ1v) is 4.77. The molecule has 2 N–H and O–H groups in total. The molecule has 0 radical (unpaired) electrons. The van der Waals surface area contributed by atoms with Gasteiger partial charge in [-0.3, -0.25) is 0 Å². The highest BCUT2D eigenvalue weighted by Gasteiger charge is 2.19. The maximum atomic E-state index is 5.92. The summed E-state index contributed by atoms with van der Waals surface area (Å²) in [6.07, 6.45) is 3.64. The molecule has 14 heavy (non-hydrogen) atoms. The zero-order valence-corrected chi connectivity index (χ0v) is 7.72. The van der Waals surface area contributed by atoms with Crippen LogP contribution in [0.2, 0.25) is 0 Å². The largest absolute Gasteiger partial charge is 0.326 e. The quantitative estimate of drug-likeness (QED) is 0.638. The topological polar surface area (TPSA) is 69.6 Å². The summed E-state index contributed by atoms with van der Waals surface area (Å²) in [5, 5.41) is 7.81. The Morgan fingerprint density at radius 2 is 2.43 bits per heavy atom. The van der Waals surface area contributed by atoms with E-state index in [1.54, 1.807) is 6.20 Å². The molecule has 0 fully saturated rings. The highest BCUT2D eigenvalue weighted by molar-refractivity contribution is 5.70. The van der Waals surface area contributed by atoms with Gasteiger partial charge < -0.3 is 10.3 Å². The van der Waals surface area contributed by atoms with E-state index in [1.165, 1.54) is 0 Å². The Balaban J connectivity index is 2.25. The number of fused-ring (bicyclic) bond motifs is 3. The van der Waals surface area contributed by atoms with Crippen LogP contribution in [0.5, 0.6) is 0 Å². The lowest BCUT2D eigenvalue weighted by molar-refractivity contribution is 0.461. The summed E-state index contributed by atoms with van der Waals surface area (Å²) in [4.78, 5) is 4.42. The molecule has 0 aliphatic carbocycles. The molecule has 1 aliphatic heterocycles. The summed E-state index contributed by atoms with van der Waals surface area (Å²) in [6.45, 7) is 0.845. The molecule has 0 saturated heterocycles. The molecule has 0 bridgehead atoms. The summed E-state index contributed by atoms with van der Waals surface area (Å²) >= 11 is 0. The van der Waals surface area contributed by atoms with Crippen LogP contribution >= 0.6 is 0 Å². The van der Waals surface area contributed by atoms with E-state index in [0.29, 0.717) is 0 Å². The molecule has 2 aromatic heterocycles. The van der Waals surface area contributed by atoms with E-state index < -0.39 is 0 Å². The molecule has 0 aromatic carbocycles. The van der Waals surface area contributed by atoms with Crippen LogP contribution in [0.1, 0.15) is 12.2 Å². The van der Waals surface area contributed by atoms with Crippen molar-refractivity contribution in [2.75, 3.05) is 0 Å². The summed E-state index contributed by atoms with van der Waals surface area (Å²) in [7, 11) is 0. The number of rotatable bonds is 0. The predicted molar refractivity (Wildman–Crippen MR) is 51.6 cm³/mol. The van der Waals surface area contributed by atoms with Crippen molar-refractivity contribution in [3.63, 3.8) is 0 Å². The van der Waals surface area contributed by atoms with Crippen LogP contribution in [-0.2, 0) is 13.0 Å². The van der Waals surface area contributed by atoms with E-state index in [0.717, 1.165) is 36.4 Å². The van der Waals surface area contributed by atoms with Gasteiger partial charge in [0, 0.05) is 19.0 Å². The van der Waals surface area contributed by atoms with Crippen LogP contribution in [0.4, 0.5) is 0 Å². The van der Waals surface area contributed by atoms with Gasteiger partial charge >= 0.3 is 0 Å². The molecule has 5 nitrogen and oxygen atoms in total. The van der Waals surface area contributed by atoms with Crippen LogP contribution in [0.3, 0.4) is 0 Å². The number of aromatic nitrogens is 4. The highest BCUT2D eigenvalue weighted by atomic mass is 15.2. The molecular weight excluding hydrogens is 178 g/mol. The molecule has 5 heteroatoms. The van der Waals surface area contributed by atoms with Crippen molar-refractivity contribution in [2.45, 2.75) is 25.4 Å². The Morgan fingerprint density at radius 3 is 3.36 bits per heavy atom. The van der Waals surface area contributed by atoms with Gasteiger partial charge in [-0.15, -0.1) is 5.10 Å². The SMILES string of the molecule is N[C@@H]1CCc2nc3nnccc3n2C1. The first-order chi connectivity index (χ1) is 6.84. The number of imidazole rings is 1.